The number of carbonyl (C=O) groups excluding carboxylic acids is 1. The molecule has 8 heavy (non-hydrogen) atoms. The van der Waals surface area contributed by atoms with Gasteiger partial charge in [0, 0.05) is 6.61 Å². The van der Waals surface area contributed by atoms with E-state index in [1.54, 1.807) is 6.29 Å². The molecule has 0 aliphatic carbocycles. The summed E-state index contributed by atoms with van der Waals surface area (Å²) in [4.78, 5) is 9.33. The van der Waals surface area contributed by atoms with Crippen LogP contribution in [0.5, 0.6) is 0 Å². The van der Waals surface area contributed by atoms with Crippen LogP contribution >= 0.6 is 0 Å². The average Bonchev–Trinajstić information content (AvgIpc) is 1.61. The molecule has 0 aromatic rings. The van der Waals surface area contributed by atoms with E-state index in [2.05, 4.69) is 0 Å². The molecule has 0 spiro atoms. The van der Waals surface area contributed by atoms with Crippen LogP contribution in [0.3, 0.4) is 0 Å². The monoisotopic (exact) mass is 129 g/mol. The quantitative estimate of drug-likeness (QED) is 0.182. The third-order valence-electron chi connectivity index (χ3n) is 0.437. The Morgan fingerprint density at radius 2 is 2.00 bits per heavy atom. The molecule has 0 saturated carbocycles. The van der Waals surface area contributed by atoms with Crippen molar-refractivity contribution in [3.8, 4) is 0 Å². The van der Waals surface area contributed by atoms with Gasteiger partial charge < -0.3 is 15.4 Å². The zero-order chi connectivity index (χ0) is 4.83. The van der Waals surface area contributed by atoms with Crippen molar-refractivity contribution in [3.63, 3.8) is 0 Å². The number of rotatable bonds is 3. The molecule has 0 aliphatic rings. The Morgan fingerprint density at radius 3 is 2.12 bits per heavy atom. The van der Waals surface area contributed by atoms with Crippen LogP contribution in [0.15, 0.2) is 0 Å². The van der Waals surface area contributed by atoms with E-state index in [1.165, 1.54) is 0 Å². The van der Waals surface area contributed by atoms with Gasteiger partial charge >= 0.3 is 29.6 Å². The van der Waals surface area contributed by atoms with Gasteiger partial charge in [-0.3, -0.25) is 6.29 Å². The van der Waals surface area contributed by atoms with E-state index >= 15 is 0 Å². The van der Waals surface area contributed by atoms with Gasteiger partial charge in [-0.15, -0.1) is 0 Å². The molecule has 0 radical (unpaired) electrons. The fourth-order valence-electron chi connectivity index (χ4n) is 0.151. The first-order chi connectivity index (χ1) is 2.91. The third-order valence-corrected chi connectivity index (χ3v) is 0.437. The second kappa shape index (κ2) is 15.6. The van der Waals surface area contributed by atoms with Gasteiger partial charge in [0.1, 0.15) is 0 Å². The normalized spacial score (nSPS) is 6.12. The molecule has 0 unspecified atom stereocenters. The molecule has 0 amide bonds. The summed E-state index contributed by atoms with van der Waals surface area (Å²) in [7, 11) is 0. The van der Waals surface area contributed by atoms with Crippen molar-refractivity contribution in [1.82, 2.24) is 0 Å². The van der Waals surface area contributed by atoms with E-state index in [-0.39, 0.29) is 41.6 Å². The molecule has 44 valence electrons. The Bertz CT molecular complexity index is 40.3. The summed E-state index contributed by atoms with van der Waals surface area (Å²) >= 11 is 0. The van der Waals surface area contributed by atoms with Crippen molar-refractivity contribution >= 4 is 6.29 Å². The van der Waals surface area contributed by atoms with Crippen molar-refractivity contribution < 1.29 is 44.9 Å². The molecule has 0 aromatic carbocycles. The van der Waals surface area contributed by atoms with Crippen molar-refractivity contribution in [2.45, 2.75) is 12.8 Å². The van der Waals surface area contributed by atoms with Crippen molar-refractivity contribution in [1.29, 1.82) is 0 Å². The van der Waals surface area contributed by atoms with Crippen LogP contribution in [0, 0.1) is 0 Å². The number of hydrogen-bond donors (Lipinski definition) is 1. The van der Waals surface area contributed by atoms with Crippen molar-refractivity contribution in [3.05, 3.63) is 0 Å². The Balaban J connectivity index is -0.000000125. The molecule has 0 heterocycles. The molecule has 0 aliphatic heterocycles. The molecule has 0 saturated heterocycles. The summed E-state index contributed by atoms with van der Waals surface area (Å²) < 4.78 is 0. The van der Waals surface area contributed by atoms with Gasteiger partial charge in [0.2, 0.25) is 0 Å². The molecule has 0 aromatic heterocycles. The fourth-order valence-corrected chi connectivity index (χ4v) is 0.151. The fraction of sp³-hybridized carbons (Fsp3) is 0.750. The van der Waals surface area contributed by atoms with Gasteiger partial charge in [0.05, 0.1) is 0 Å². The van der Waals surface area contributed by atoms with Crippen LogP contribution < -0.4 is 29.6 Å². The largest absolute Gasteiger partial charge is 1.00 e. The second-order valence-electron chi connectivity index (χ2n) is 0.971. The predicted octanol–water partition coefficient (Wildman–Crippen LogP) is -4.05. The SMILES string of the molecule is O=[C-]CCCO.[Na+].[OH3+]. The summed E-state index contributed by atoms with van der Waals surface area (Å²) in [6, 6.07) is 0. The van der Waals surface area contributed by atoms with Crippen LogP contribution in [-0.4, -0.2) is 18.0 Å². The van der Waals surface area contributed by atoms with E-state index < -0.39 is 0 Å². The maximum atomic E-state index is 9.33. The minimum Gasteiger partial charge on any atom is -0.542 e. The van der Waals surface area contributed by atoms with Crippen LogP contribution in [0.25, 0.3) is 0 Å². The zero-order valence-corrected chi connectivity index (χ0v) is 7.05. The van der Waals surface area contributed by atoms with E-state index in [0.717, 1.165) is 0 Å². The van der Waals surface area contributed by atoms with E-state index in [1.807, 2.05) is 0 Å². The van der Waals surface area contributed by atoms with E-state index in [0.29, 0.717) is 12.8 Å². The Labute approximate surface area is 70.7 Å². The smallest absolute Gasteiger partial charge is 0.542 e. The number of aliphatic hydroxyl groups is 1. The molecule has 0 bridgehead atoms. The summed E-state index contributed by atoms with van der Waals surface area (Å²) in [5.41, 5.74) is 0. The van der Waals surface area contributed by atoms with Crippen molar-refractivity contribution in [2.75, 3.05) is 6.61 Å². The average molecular weight is 129 g/mol. The Hall–Kier alpha value is 0.590. The minimum atomic E-state index is 0. The number of unbranched alkanes of at least 4 members (excludes halogenated alkanes) is 1. The van der Waals surface area contributed by atoms with Crippen LogP contribution in [0.2, 0.25) is 0 Å². The van der Waals surface area contributed by atoms with E-state index in [4.69, 9.17) is 5.11 Å². The Morgan fingerprint density at radius 1 is 1.50 bits per heavy atom. The van der Waals surface area contributed by atoms with Crippen LogP contribution in [0.1, 0.15) is 12.8 Å². The molecule has 0 fully saturated rings. The van der Waals surface area contributed by atoms with Gasteiger partial charge in [-0.25, -0.2) is 0 Å². The second-order valence-corrected chi connectivity index (χ2v) is 0.971. The summed E-state index contributed by atoms with van der Waals surface area (Å²) in [6.45, 7) is 0.0925. The first-order valence-electron chi connectivity index (χ1n) is 1.87. The standard InChI is InChI=1S/C4H7O2.Na.H2O/c5-3-1-2-4-6;;/h5H,1-3H2;;1H2/q-1;+1;/p+1. The summed E-state index contributed by atoms with van der Waals surface area (Å²) in [5.74, 6) is 0. The predicted molar refractivity (Wildman–Crippen MR) is 26.9 cm³/mol. The first-order valence-corrected chi connectivity index (χ1v) is 1.87. The molecular formula is C4H10NaO3+. The van der Waals surface area contributed by atoms with Gasteiger partial charge in [0.25, 0.3) is 0 Å². The third kappa shape index (κ3) is 16.0. The minimum absolute atomic E-state index is 0. The molecule has 0 atom stereocenters. The zero-order valence-electron chi connectivity index (χ0n) is 5.05. The molecule has 4 heteroatoms. The number of hydrogen-bond acceptors (Lipinski definition) is 2. The van der Waals surface area contributed by atoms with Crippen molar-refractivity contribution in [2.24, 2.45) is 0 Å². The van der Waals surface area contributed by atoms with Gasteiger partial charge in [-0.05, 0) is 0 Å². The van der Waals surface area contributed by atoms with Gasteiger partial charge in [-0.1, -0.05) is 6.42 Å². The van der Waals surface area contributed by atoms with Crippen LogP contribution in [-0.2, 0) is 10.3 Å². The maximum Gasteiger partial charge on any atom is 1.00 e. The summed E-state index contributed by atoms with van der Waals surface area (Å²) in [5, 5.41) is 8.02. The number of aliphatic hydroxyl groups excluding tert-OH is 1. The maximum absolute atomic E-state index is 9.33. The molecule has 0 rings (SSSR count). The van der Waals surface area contributed by atoms with Gasteiger partial charge in [0.15, 0.2) is 0 Å². The topological polar surface area (TPSA) is 70.3 Å². The first kappa shape index (κ1) is 15.8. The van der Waals surface area contributed by atoms with Crippen LogP contribution in [0.4, 0.5) is 0 Å². The molecule has 4 N–H and O–H groups in total. The van der Waals surface area contributed by atoms with E-state index in [9.17, 15) is 4.79 Å². The molecular weight excluding hydrogens is 119 g/mol. The molecule has 3 nitrogen and oxygen atoms in total. The summed E-state index contributed by atoms with van der Waals surface area (Å²) in [6.07, 6.45) is 2.56. The van der Waals surface area contributed by atoms with Gasteiger partial charge in [-0.2, -0.15) is 6.42 Å². The Kier molecular flexibility index (Phi) is 31.0.